The fourth-order valence-corrected chi connectivity index (χ4v) is 4.62. The van der Waals surface area contributed by atoms with Crippen LogP contribution in [0.4, 0.5) is 5.69 Å². The van der Waals surface area contributed by atoms with E-state index >= 15 is 0 Å². The number of methoxy groups -OCH3 is 1. The number of benzene rings is 2. The molecule has 0 bridgehead atoms. The van der Waals surface area contributed by atoms with Crippen LogP contribution in [0.1, 0.15) is 16.6 Å². The number of halogens is 1. The smallest absolute Gasteiger partial charge is 0.348 e. The van der Waals surface area contributed by atoms with Gasteiger partial charge in [0.25, 0.3) is 0 Å². The molecule has 4 aromatic rings. The standard InChI is InChI=1S/C23H17BrN4O3S/c1-3-31-23(29)21-20(27-28-25)19-17(13-6-10-16(30-2)11-7-13)12-18(26-22(19)32-21)14-4-8-15(24)9-5-14/h4-12H,3H2,1-2H3. The molecule has 2 aromatic heterocycles. The van der Waals surface area contributed by atoms with Gasteiger partial charge in [-0.05, 0) is 53.9 Å². The van der Waals surface area contributed by atoms with E-state index in [-0.39, 0.29) is 17.2 Å². The van der Waals surface area contributed by atoms with Crippen LogP contribution >= 0.6 is 27.3 Å². The van der Waals surface area contributed by atoms with Crippen molar-refractivity contribution in [2.45, 2.75) is 6.92 Å². The third kappa shape index (κ3) is 4.18. The van der Waals surface area contributed by atoms with Crippen LogP contribution in [-0.4, -0.2) is 24.7 Å². The lowest BCUT2D eigenvalue weighted by atomic mass is 9.99. The number of esters is 1. The summed E-state index contributed by atoms with van der Waals surface area (Å²) in [5.74, 6) is 0.184. The van der Waals surface area contributed by atoms with Gasteiger partial charge < -0.3 is 9.47 Å². The van der Waals surface area contributed by atoms with Gasteiger partial charge in [-0.2, -0.15) is 0 Å². The fraction of sp³-hybridized carbons (Fsp3) is 0.130. The van der Waals surface area contributed by atoms with Crippen molar-refractivity contribution in [2.75, 3.05) is 13.7 Å². The van der Waals surface area contributed by atoms with Crippen molar-refractivity contribution in [3.63, 3.8) is 0 Å². The highest BCUT2D eigenvalue weighted by molar-refractivity contribution is 9.10. The SMILES string of the molecule is CCOC(=O)c1sc2nc(-c3ccc(Br)cc3)cc(-c3ccc(OC)cc3)c2c1N=[N+]=[N-]. The zero-order valence-electron chi connectivity index (χ0n) is 17.2. The zero-order valence-corrected chi connectivity index (χ0v) is 19.6. The highest BCUT2D eigenvalue weighted by Gasteiger charge is 2.23. The molecule has 0 saturated carbocycles. The average molecular weight is 509 g/mol. The predicted octanol–water partition coefficient (Wildman–Crippen LogP) is 7.52. The number of pyridine rings is 1. The maximum atomic E-state index is 12.6. The molecule has 0 aliphatic rings. The second-order valence-electron chi connectivity index (χ2n) is 6.66. The Hall–Kier alpha value is -3.39. The van der Waals surface area contributed by atoms with Crippen LogP contribution in [0.25, 0.3) is 43.0 Å². The number of ether oxygens (including phenoxy) is 2. The molecule has 4 rings (SSSR count). The van der Waals surface area contributed by atoms with Gasteiger partial charge in [-0.1, -0.05) is 45.3 Å². The second-order valence-corrected chi connectivity index (χ2v) is 8.58. The molecular formula is C23H17BrN4O3S. The third-order valence-electron chi connectivity index (χ3n) is 4.78. The van der Waals surface area contributed by atoms with Gasteiger partial charge in [0.15, 0.2) is 0 Å². The zero-order chi connectivity index (χ0) is 22.7. The number of fused-ring (bicyclic) bond motifs is 1. The Balaban J connectivity index is 2.04. The van der Waals surface area contributed by atoms with Gasteiger partial charge in [-0.3, -0.25) is 0 Å². The molecule has 9 heteroatoms. The number of rotatable bonds is 6. The Morgan fingerprint density at radius 2 is 1.84 bits per heavy atom. The van der Waals surface area contributed by atoms with Gasteiger partial charge in [0.1, 0.15) is 15.5 Å². The molecule has 0 aliphatic carbocycles. The minimum absolute atomic E-state index is 0.214. The van der Waals surface area contributed by atoms with Crippen LogP contribution < -0.4 is 4.74 Å². The monoisotopic (exact) mass is 508 g/mol. The first-order chi connectivity index (χ1) is 15.5. The Labute approximate surface area is 196 Å². The molecular weight excluding hydrogens is 492 g/mol. The number of aromatic nitrogens is 1. The molecule has 0 fully saturated rings. The summed E-state index contributed by atoms with van der Waals surface area (Å²) in [6.07, 6.45) is 0. The van der Waals surface area contributed by atoms with E-state index in [9.17, 15) is 10.3 Å². The minimum Gasteiger partial charge on any atom is -0.497 e. The average Bonchev–Trinajstić information content (AvgIpc) is 3.18. The molecule has 2 heterocycles. The number of carbonyl (C=O) groups excluding carboxylic acids is 1. The lowest BCUT2D eigenvalue weighted by molar-refractivity contribution is 0.0533. The highest BCUT2D eigenvalue weighted by atomic mass is 79.9. The molecule has 0 radical (unpaired) electrons. The molecule has 0 unspecified atom stereocenters. The van der Waals surface area contributed by atoms with Crippen LogP contribution in [0.2, 0.25) is 0 Å². The number of nitrogens with zero attached hydrogens (tertiary/aromatic N) is 4. The molecule has 0 spiro atoms. The van der Waals surface area contributed by atoms with Crippen molar-refractivity contribution in [1.82, 2.24) is 4.98 Å². The van der Waals surface area contributed by atoms with Crippen molar-refractivity contribution >= 4 is 49.1 Å². The second kappa shape index (κ2) is 9.40. The van der Waals surface area contributed by atoms with Crippen molar-refractivity contribution in [2.24, 2.45) is 5.11 Å². The van der Waals surface area contributed by atoms with Gasteiger partial charge >= 0.3 is 5.97 Å². The Morgan fingerprint density at radius 1 is 1.16 bits per heavy atom. The summed E-state index contributed by atoms with van der Waals surface area (Å²) in [4.78, 5) is 21.1. The molecule has 0 aliphatic heterocycles. The summed E-state index contributed by atoms with van der Waals surface area (Å²) in [7, 11) is 1.61. The predicted molar refractivity (Wildman–Crippen MR) is 130 cm³/mol. The summed E-state index contributed by atoms with van der Waals surface area (Å²) >= 11 is 4.61. The van der Waals surface area contributed by atoms with Gasteiger partial charge in [0.2, 0.25) is 0 Å². The lowest BCUT2D eigenvalue weighted by Crippen LogP contribution is -2.02. The number of carbonyl (C=O) groups is 1. The molecule has 160 valence electrons. The maximum absolute atomic E-state index is 12.6. The Bertz CT molecular complexity index is 1340. The summed E-state index contributed by atoms with van der Waals surface area (Å²) < 4.78 is 11.4. The van der Waals surface area contributed by atoms with E-state index in [1.807, 2.05) is 54.6 Å². The summed E-state index contributed by atoms with van der Waals surface area (Å²) in [6.45, 7) is 1.94. The van der Waals surface area contributed by atoms with Gasteiger partial charge in [-0.15, -0.1) is 11.3 Å². The van der Waals surface area contributed by atoms with Gasteiger partial charge in [0.05, 0.1) is 25.1 Å². The molecule has 0 amide bonds. The van der Waals surface area contributed by atoms with E-state index in [1.165, 1.54) is 0 Å². The van der Waals surface area contributed by atoms with E-state index in [2.05, 4.69) is 26.0 Å². The first kappa shape index (κ1) is 21.8. The fourth-order valence-electron chi connectivity index (χ4n) is 3.32. The van der Waals surface area contributed by atoms with E-state index in [0.717, 1.165) is 43.9 Å². The largest absolute Gasteiger partial charge is 0.497 e. The van der Waals surface area contributed by atoms with Crippen molar-refractivity contribution in [3.05, 3.63) is 74.4 Å². The molecule has 32 heavy (non-hydrogen) atoms. The van der Waals surface area contributed by atoms with Gasteiger partial charge in [-0.25, -0.2) is 9.78 Å². The van der Waals surface area contributed by atoms with Crippen molar-refractivity contribution < 1.29 is 14.3 Å². The van der Waals surface area contributed by atoms with Crippen LogP contribution in [0.3, 0.4) is 0 Å². The summed E-state index contributed by atoms with van der Waals surface area (Å²) in [5, 5.41) is 4.46. The van der Waals surface area contributed by atoms with Crippen LogP contribution in [0, 0.1) is 0 Å². The number of azide groups is 1. The van der Waals surface area contributed by atoms with Crippen molar-refractivity contribution in [3.8, 4) is 28.1 Å². The van der Waals surface area contributed by atoms with E-state index in [4.69, 9.17) is 14.5 Å². The quantitative estimate of drug-likeness (QED) is 0.116. The molecule has 7 nitrogen and oxygen atoms in total. The topological polar surface area (TPSA) is 97.2 Å². The van der Waals surface area contributed by atoms with Gasteiger partial charge in [0, 0.05) is 20.3 Å². The first-order valence-corrected chi connectivity index (χ1v) is 11.3. The first-order valence-electron chi connectivity index (χ1n) is 9.65. The third-order valence-corrected chi connectivity index (χ3v) is 6.36. The highest BCUT2D eigenvalue weighted by Crippen LogP contribution is 2.44. The lowest BCUT2D eigenvalue weighted by Gasteiger charge is -2.10. The summed E-state index contributed by atoms with van der Waals surface area (Å²) in [6, 6.07) is 17.3. The Morgan fingerprint density at radius 3 is 2.47 bits per heavy atom. The molecule has 0 saturated heterocycles. The van der Waals surface area contributed by atoms with E-state index in [1.54, 1.807) is 14.0 Å². The number of hydrogen-bond acceptors (Lipinski definition) is 6. The summed E-state index contributed by atoms with van der Waals surface area (Å²) in [5.41, 5.74) is 12.7. The molecule has 2 aromatic carbocycles. The molecule has 0 N–H and O–H groups in total. The molecule has 0 atom stereocenters. The van der Waals surface area contributed by atoms with E-state index < -0.39 is 5.97 Å². The number of thiophene rings is 1. The maximum Gasteiger partial charge on any atom is 0.348 e. The Kier molecular flexibility index (Phi) is 6.41. The van der Waals surface area contributed by atoms with Crippen molar-refractivity contribution in [1.29, 1.82) is 0 Å². The van der Waals surface area contributed by atoms with Crippen LogP contribution in [-0.2, 0) is 4.74 Å². The minimum atomic E-state index is -0.538. The van der Waals surface area contributed by atoms with Crippen LogP contribution in [0.5, 0.6) is 5.75 Å². The number of hydrogen-bond donors (Lipinski definition) is 0. The normalized spacial score (nSPS) is 10.6. The van der Waals surface area contributed by atoms with Crippen LogP contribution in [0.15, 0.2) is 64.2 Å². The van der Waals surface area contributed by atoms with E-state index in [0.29, 0.717) is 10.2 Å².